The Labute approximate surface area is 123 Å². The van der Waals surface area contributed by atoms with Crippen LogP contribution in [0.1, 0.15) is 41.5 Å². The van der Waals surface area contributed by atoms with Crippen LogP contribution < -0.4 is 5.32 Å². The van der Waals surface area contributed by atoms with Gasteiger partial charge >= 0.3 is 0 Å². The highest BCUT2D eigenvalue weighted by Crippen LogP contribution is 2.11. The van der Waals surface area contributed by atoms with Gasteiger partial charge in [-0.3, -0.25) is 0 Å². The molecule has 0 aliphatic rings. The van der Waals surface area contributed by atoms with E-state index in [9.17, 15) is 10.2 Å². The van der Waals surface area contributed by atoms with Crippen LogP contribution in [0.3, 0.4) is 0 Å². The molecule has 118 valence electrons. The zero-order chi connectivity index (χ0) is 16.3. The highest BCUT2D eigenvalue weighted by Gasteiger charge is 2.15. The van der Waals surface area contributed by atoms with Gasteiger partial charge in [-0.05, 0) is 45.4 Å². The van der Waals surface area contributed by atoms with Crippen LogP contribution in [0.15, 0.2) is 35.8 Å². The first-order valence-electron chi connectivity index (χ1n) is 6.90. The van der Waals surface area contributed by atoms with Crippen LogP contribution in [0.25, 0.3) is 0 Å². The molecule has 0 aromatic carbocycles. The molecule has 0 aromatic rings. The van der Waals surface area contributed by atoms with Crippen molar-refractivity contribution in [2.75, 3.05) is 13.7 Å². The van der Waals surface area contributed by atoms with Gasteiger partial charge in [0.05, 0.1) is 19.0 Å². The fourth-order valence-electron chi connectivity index (χ4n) is 1.24. The number of nitrogens with one attached hydrogen (secondary N) is 1. The Balaban J connectivity index is 0. The Kier molecular flexibility index (Phi) is 11.1. The third-order valence-electron chi connectivity index (χ3n) is 2.24. The summed E-state index contributed by atoms with van der Waals surface area (Å²) in [7, 11) is 1.55. The average molecular weight is 285 g/mol. The summed E-state index contributed by atoms with van der Waals surface area (Å²) in [5.41, 5.74) is 0.473. The third-order valence-corrected chi connectivity index (χ3v) is 2.24. The number of aliphatic hydroxyl groups excluding tert-OH is 2. The Morgan fingerprint density at radius 1 is 1.30 bits per heavy atom. The van der Waals surface area contributed by atoms with Crippen molar-refractivity contribution in [2.45, 2.75) is 53.2 Å². The molecule has 1 atom stereocenters. The van der Waals surface area contributed by atoms with Gasteiger partial charge in [0.25, 0.3) is 0 Å². The van der Waals surface area contributed by atoms with Crippen molar-refractivity contribution in [2.24, 2.45) is 0 Å². The van der Waals surface area contributed by atoms with Crippen molar-refractivity contribution in [1.82, 2.24) is 5.32 Å². The monoisotopic (exact) mass is 285 g/mol. The van der Waals surface area contributed by atoms with Gasteiger partial charge in [-0.15, -0.1) is 0 Å². The van der Waals surface area contributed by atoms with Gasteiger partial charge in [-0.1, -0.05) is 20.4 Å². The molecule has 0 radical (unpaired) electrons. The number of rotatable bonds is 6. The molecule has 0 fully saturated rings. The molecule has 1 unspecified atom stereocenters. The van der Waals surface area contributed by atoms with E-state index in [1.807, 2.05) is 34.6 Å². The molecule has 4 heteroatoms. The zero-order valence-corrected chi connectivity index (χ0v) is 13.9. The van der Waals surface area contributed by atoms with Crippen LogP contribution in [-0.2, 0) is 4.74 Å². The summed E-state index contributed by atoms with van der Waals surface area (Å²) in [6.07, 6.45) is 2.37. The summed E-state index contributed by atoms with van der Waals surface area (Å²) >= 11 is 0. The Bertz CT molecular complexity index is 338. The lowest BCUT2D eigenvalue weighted by Crippen LogP contribution is -2.41. The topological polar surface area (TPSA) is 61.7 Å². The molecule has 0 bridgehead atoms. The number of ether oxygens (including phenoxy) is 1. The maximum absolute atomic E-state index is 10.1. The number of methoxy groups -OCH3 is 1. The minimum atomic E-state index is -0.738. The molecule has 0 amide bonds. The van der Waals surface area contributed by atoms with Crippen LogP contribution in [0.2, 0.25) is 0 Å². The van der Waals surface area contributed by atoms with Crippen molar-refractivity contribution in [3.8, 4) is 0 Å². The van der Waals surface area contributed by atoms with Gasteiger partial charge in [-0.25, -0.2) is 0 Å². The second-order valence-electron chi connectivity index (χ2n) is 5.24. The average Bonchev–Trinajstić information content (AvgIpc) is 2.36. The zero-order valence-electron chi connectivity index (χ0n) is 13.9. The fourth-order valence-corrected chi connectivity index (χ4v) is 1.24. The smallest absolute Gasteiger partial charge is 0.108 e. The molecular weight excluding hydrogens is 254 g/mol. The minimum Gasteiger partial charge on any atom is -0.509 e. The molecule has 4 nitrogen and oxygen atoms in total. The van der Waals surface area contributed by atoms with Gasteiger partial charge in [0.1, 0.15) is 5.76 Å². The molecular formula is C16H31NO3. The first-order chi connectivity index (χ1) is 9.15. The molecule has 0 rings (SSSR count). The van der Waals surface area contributed by atoms with Crippen molar-refractivity contribution < 1.29 is 14.9 Å². The lowest BCUT2D eigenvalue weighted by atomic mass is 10.0. The van der Waals surface area contributed by atoms with E-state index >= 15 is 0 Å². The highest BCUT2D eigenvalue weighted by molar-refractivity contribution is 5.30. The van der Waals surface area contributed by atoms with Crippen molar-refractivity contribution in [3.63, 3.8) is 0 Å². The van der Waals surface area contributed by atoms with Gasteiger partial charge in [0.15, 0.2) is 0 Å². The van der Waals surface area contributed by atoms with Crippen LogP contribution in [0, 0.1) is 0 Å². The van der Waals surface area contributed by atoms with Crippen molar-refractivity contribution in [3.05, 3.63) is 35.8 Å². The summed E-state index contributed by atoms with van der Waals surface area (Å²) in [5.74, 6) is 0.553. The summed E-state index contributed by atoms with van der Waals surface area (Å²) in [4.78, 5) is 0. The second kappa shape index (κ2) is 10.5. The molecule has 0 saturated heterocycles. The summed E-state index contributed by atoms with van der Waals surface area (Å²) < 4.78 is 5.04. The lowest BCUT2D eigenvalue weighted by molar-refractivity contribution is 0.195. The quantitative estimate of drug-likeness (QED) is 0.517. The molecule has 0 aliphatic heterocycles. The number of hydrogen-bond acceptors (Lipinski definition) is 4. The van der Waals surface area contributed by atoms with E-state index in [2.05, 4.69) is 11.9 Å². The molecule has 0 spiro atoms. The van der Waals surface area contributed by atoms with E-state index in [-0.39, 0.29) is 11.3 Å². The van der Waals surface area contributed by atoms with Crippen LogP contribution in [0.4, 0.5) is 0 Å². The van der Waals surface area contributed by atoms with Crippen LogP contribution in [-0.4, -0.2) is 35.5 Å². The van der Waals surface area contributed by atoms with E-state index < -0.39 is 6.10 Å². The van der Waals surface area contributed by atoms with Crippen molar-refractivity contribution in [1.29, 1.82) is 0 Å². The van der Waals surface area contributed by atoms with E-state index in [1.165, 1.54) is 6.08 Å². The van der Waals surface area contributed by atoms with Gasteiger partial charge in [0.2, 0.25) is 0 Å². The summed E-state index contributed by atoms with van der Waals surface area (Å²) in [5, 5.41) is 22.5. The maximum Gasteiger partial charge on any atom is 0.108 e. The maximum atomic E-state index is 10.1. The number of β-amino-alcohol motifs (C(OH)–C–C–N with tert-alkyl or cyclic N) is 1. The number of allylic oxidation sites excluding steroid dienone is 2. The molecule has 3 N–H and O–H groups in total. The summed E-state index contributed by atoms with van der Waals surface area (Å²) in [6, 6.07) is 0. The van der Waals surface area contributed by atoms with Gasteiger partial charge in [0, 0.05) is 12.1 Å². The fraction of sp³-hybridized carbons (Fsp3) is 0.625. The molecule has 0 saturated carbocycles. The Morgan fingerprint density at radius 3 is 2.15 bits per heavy atom. The molecule has 0 aliphatic carbocycles. The minimum absolute atomic E-state index is 0.0810. The van der Waals surface area contributed by atoms with Crippen molar-refractivity contribution >= 4 is 0 Å². The van der Waals surface area contributed by atoms with E-state index in [4.69, 9.17) is 4.74 Å². The van der Waals surface area contributed by atoms with Gasteiger partial charge < -0.3 is 20.3 Å². The third kappa shape index (κ3) is 11.8. The Hall–Kier alpha value is -1.26. The normalized spacial score (nSPS) is 14.2. The Morgan fingerprint density at radius 2 is 1.80 bits per heavy atom. The second-order valence-corrected chi connectivity index (χ2v) is 5.24. The van der Waals surface area contributed by atoms with Crippen LogP contribution >= 0.6 is 0 Å². The standard InChI is InChI=1S/C14H25NO3.C2H6/c1-10(16)7-12(8-11(2)18-6)13(17)9-15-14(3,4)5;1-2/h7-8,13,15-17H,1,9H2,2-6H3;1-2H3/b11-8+,12-7+;. The largest absolute Gasteiger partial charge is 0.509 e. The van der Waals surface area contributed by atoms with Gasteiger partial charge in [-0.2, -0.15) is 0 Å². The predicted octanol–water partition coefficient (Wildman–Crippen LogP) is 3.31. The lowest BCUT2D eigenvalue weighted by Gasteiger charge is -2.23. The first kappa shape index (κ1) is 21.0. The van der Waals surface area contributed by atoms with E-state index in [1.54, 1.807) is 20.1 Å². The van der Waals surface area contributed by atoms with E-state index in [0.29, 0.717) is 17.9 Å². The predicted molar refractivity (Wildman–Crippen MR) is 85.7 cm³/mol. The number of hydrogen-bond donors (Lipinski definition) is 3. The highest BCUT2D eigenvalue weighted by atomic mass is 16.5. The van der Waals surface area contributed by atoms with E-state index in [0.717, 1.165) is 0 Å². The number of aliphatic hydroxyl groups is 2. The first-order valence-corrected chi connectivity index (χ1v) is 6.90. The van der Waals surface area contributed by atoms with Crippen LogP contribution in [0.5, 0.6) is 0 Å². The molecule has 0 heterocycles. The molecule has 0 aromatic heterocycles. The molecule has 20 heavy (non-hydrogen) atoms. The summed E-state index contributed by atoms with van der Waals surface area (Å²) in [6.45, 7) is 15.6. The SMILES string of the molecule is C=C(O)/C=C(\C=C(/C)OC)C(O)CNC(C)(C)C.CC.